The van der Waals surface area contributed by atoms with Crippen molar-refractivity contribution >= 4 is 56.1 Å². The van der Waals surface area contributed by atoms with Gasteiger partial charge >= 0.3 is 0 Å². The molecular weight excluding hydrogens is 359 g/mol. The number of aromatic nitrogens is 2. The van der Waals surface area contributed by atoms with Gasteiger partial charge in [-0.05, 0) is 25.5 Å². The van der Waals surface area contributed by atoms with Gasteiger partial charge in [-0.3, -0.25) is 9.36 Å². The molecule has 1 fully saturated rings. The maximum absolute atomic E-state index is 12.8. The molecule has 3 nitrogen and oxygen atoms in total. The lowest BCUT2D eigenvalue weighted by Gasteiger charge is -2.05. The molecule has 0 spiro atoms. The Kier molecular flexibility index (Phi) is 3.38. The van der Waals surface area contributed by atoms with Gasteiger partial charge in [-0.15, -0.1) is 45.9 Å². The third-order valence-electron chi connectivity index (χ3n) is 3.94. The van der Waals surface area contributed by atoms with Crippen LogP contribution in [0, 0.1) is 12.8 Å². The van der Waals surface area contributed by atoms with E-state index in [4.69, 9.17) is 23.2 Å². The van der Waals surface area contributed by atoms with Gasteiger partial charge in [0.2, 0.25) is 0 Å². The second kappa shape index (κ2) is 5.06. The molecule has 1 saturated carbocycles. The Bertz CT molecular complexity index is 925. The topological polar surface area (TPSA) is 34.9 Å². The van der Waals surface area contributed by atoms with E-state index in [2.05, 4.69) is 24.0 Å². The Hall–Kier alpha value is -0.880. The van der Waals surface area contributed by atoms with Gasteiger partial charge in [0.05, 0.1) is 11.7 Å². The highest BCUT2D eigenvalue weighted by Gasteiger charge is 2.51. The van der Waals surface area contributed by atoms with Crippen LogP contribution in [-0.2, 0) is 6.54 Å². The summed E-state index contributed by atoms with van der Waals surface area (Å²) in [6.07, 6.45) is 2.33. The molecule has 22 heavy (non-hydrogen) atoms. The predicted octanol–water partition coefficient (Wildman–Crippen LogP) is 4.69. The van der Waals surface area contributed by atoms with Crippen molar-refractivity contribution in [2.45, 2.75) is 24.2 Å². The van der Waals surface area contributed by atoms with Crippen molar-refractivity contribution in [3.8, 4) is 10.4 Å². The highest BCUT2D eigenvalue weighted by Crippen LogP contribution is 2.53. The Morgan fingerprint density at radius 3 is 2.86 bits per heavy atom. The molecule has 1 aliphatic carbocycles. The minimum Gasteiger partial charge on any atom is -0.298 e. The number of alkyl halides is 2. The summed E-state index contributed by atoms with van der Waals surface area (Å²) >= 11 is 15.3. The molecule has 7 heteroatoms. The predicted molar refractivity (Wildman–Crippen MR) is 94.5 cm³/mol. The summed E-state index contributed by atoms with van der Waals surface area (Å²) in [6, 6.07) is 4.12. The summed E-state index contributed by atoms with van der Waals surface area (Å²) in [5.41, 5.74) is 0.965. The summed E-state index contributed by atoms with van der Waals surface area (Å²) in [5, 5.41) is 2.71. The van der Waals surface area contributed by atoms with Crippen LogP contribution >= 0.6 is 45.9 Å². The van der Waals surface area contributed by atoms with Crippen molar-refractivity contribution in [2.24, 2.45) is 5.92 Å². The summed E-state index contributed by atoms with van der Waals surface area (Å²) in [4.78, 5) is 20.3. The zero-order valence-electron chi connectivity index (χ0n) is 11.7. The fraction of sp³-hybridized carbons (Fsp3) is 0.333. The van der Waals surface area contributed by atoms with Crippen LogP contribution in [0.1, 0.15) is 11.3 Å². The first-order valence-corrected chi connectivity index (χ1v) is 9.32. The SMILES string of the molecule is Cc1ccc(-c2csc3ncn(CC4CC4(Cl)Cl)c(=O)c23)s1. The van der Waals surface area contributed by atoms with Crippen molar-refractivity contribution in [2.75, 3.05) is 0 Å². The largest absolute Gasteiger partial charge is 0.298 e. The van der Waals surface area contributed by atoms with Crippen LogP contribution in [0.4, 0.5) is 0 Å². The highest BCUT2D eigenvalue weighted by atomic mass is 35.5. The van der Waals surface area contributed by atoms with Crippen molar-refractivity contribution in [3.63, 3.8) is 0 Å². The number of aryl methyl sites for hydroxylation is 1. The first-order chi connectivity index (χ1) is 10.5. The molecule has 0 N–H and O–H groups in total. The molecule has 3 aromatic heterocycles. The maximum atomic E-state index is 12.8. The maximum Gasteiger partial charge on any atom is 0.262 e. The van der Waals surface area contributed by atoms with Gasteiger partial charge in [-0.2, -0.15) is 0 Å². The highest BCUT2D eigenvalue weighted by molar-refractivity contribution is 7.19. The zero-order chi connectivity index (χ0) is 15.5. The van der Waals surface area contributed by atoms with Gasteiger partial charge in [0, 0.05) is 33.2 Å². The zero-order valence-corrected chi connectivity index (χ0v) is 14.8. The van der Waals surface area contributed by atoms with E-state index < -0.39 is 4.33 Å². The smallest absolute Gasteiger partial charge is 0.262 e. The van der Waals surface area contributed by atoms with E-state index in [1.165, 1.54) is 16.2 Å². The average molecular weight is 371 g/mol. The standard InChI is InChI=1S/C15H12Cl2N2OS2/c1-8-2-3-11(22-8)10-6-21-13-12(10)14(20)19(7-18-13)5-9-4-15(9,16)17/h2-3,6-7,9H,4-5H2,1H3. The van der Waals surface area contributed by atoms with E-state index in [1.54, 1.807) is 22.2 Å². The number of fused-ring (bicyclic) bond motifs is 1. The molecule has 4 rings (SSSR count). The van der Waals surface area contributed by atoms with Gasteiger partial charge in [0.1, 0.15) is 9.16 Å². The molecular formula is C15H12Cl2N2OS2. The van der Waals surface area contributed by atoms with E-state index >= 15 is 0 Å². The van der Waals surface area contributed by atoms with Crippen molar-refractivity contribution in [1.29, 1.82) is 0 Å². The van der Waals surface area contributed by atoms with Crippen molar-refractivity contribution < 1.29 is 0 Å². The third kappa shape index (κ3) is 2.40. The Morgan fingerprint density at radius 1 is 1.45 bits per heavy atom. The van der Waals surface area contributed by atoms with Gasteiger partial charge in [0.25, 0.3) is 5.56 Å². The number of hydrogen-bond donors (Lipinski definition) is 0. The minimum absolute atomic E-state index is 0.0108. The van der Waals surface area contributed by atoms with E-state index in [9.17, 15) is 4.79 Å². The van der Waals surface area contributed by atoms with Crippen LogP contribution in [-0.4, -0.2) is 13.9 Å². The van der Waals surface area contributed by atoms with Crippen molar-refractivity contribution in [1.82, 2.24) is 9.55 Å². The molecule has 0 bridgehead atoms. The van der Waals surface area contributed by atoms with Crippen LogP contribution < -0.4 is 5.56 Å². The molecule has 0 saturated heterocycles. The van der Waals surface area contributed by atoms with E-state index in [-0.39, 0.29) is 11.5 Å². The third-order valence-corrected chi connectivity index (χ3v) is 6.79. The molecule has 3 heterocycles. The summed E-state index contributed by atoms with van der Waals surface area (Å²) in [6.45, 7) is 2.58. The lowest BCUT2D eigenvalue weighted by atomic mass is 10.2. The molecule has 1 aliphatic rings. The lowest BCUT2D eigenvalue weighted by molar-refractivity contribution is 0.597. The molecule has 0 aromatic carbocycles. The summed E-state index contributed by atoms with van der Waals surface area (Å²) < 4.78 is 0.951. The molecule has 3 aromatic rings. The number of thiophene rings is 2. The average Bonchev–Trinajstić information content (AvgIpc) is 2.87. The number of halogens is 2. The van der Waals surface area contributed by atoms with Gasteiger partial charge in [-0.25, -0.2) is 4.98 Å². The Morgan fingerprint density at radius 2 is 2.23 bits per heavy atom. The van der Waals surface area contributed by atoms with Gasteiger partial charge in [-0.1, -0.05) is 0 Å². The molecule has 0 amide bonds. The first kappa shape index (κ1) is 14.7. The fourth-order valence-corrected chi connectivity index (χ4v) is 4.94. The quantitative estimate of drug-likeness (QED) is 0.626. The number of rotatable bonds is 3. The van der Waals surface area contributed by atoms with E-state index in [1.807, 2.05) is 5.38 Å². The first-order valence-electron chi connectivity index (χ1n) is 6.87. The monoisotopic (exact) mass is 370 g/mol. The molecule has 0 radical (unpaired) electrons. The fourth-order valence-electron chi connectivity index (χ4n) is 2.56. The van der Waals surface area contributed by atoms with Crippen LogP contribution in [0.5, 0.6) is 0 Å². The molecule has 1 atom stereocenters. The van der Waals surface area contributed by atoms with Crippen LogP contribution in [0.25, 0.3) is 20.7 Å². The number of nitrogens with zero attached hydrogens (tertiary/aromatic N) is 2. The summed E-state index contributed by atoms with van der Waals surface area (Å²) in [5.74, 6) is 0.124. The minimum atomic E-state index is -0.684. The Balaban J connectivity index is 1.82. The second-order valence-electron chi connectivity index (χ2n) is 5.60. The molecule has 1 unspecified atom stereocenters. The van der Waals surface area contributed by atoms with Crippen LogP contribution in [0.3, 0.4) is 0 Å². The normalized spacial score (nSPS) is 19.7. The Labute approximate surface area is 145 Å². The number of hydrogen-bond acceptors (Lipinski definition) is 4. The summed E-state index contributed by atoms with van der Waals surface area (Å²) in [7, 11) is 0. The van der Waals surface area contributed by atoms with Crippen LogP contribution in [0.15, 0.2) is 28.6 Å². The van der Waals surface area contributed by atoms with Gasteiger partial charge < -0.3 is 0 Å². The van der Waals surface area contributed by atoms with Gasteiger partial charge in [0.15, 0.2) is 0 Å². The van der Waals surface area contributed by atoms with Crippen LogP contribution in [0.2, 0.25) is 0 Å². The second-order valence-corrected chi connectivity index (χ2v) is 9.29. The lowest BCUT2D eigenvalue weighted by Crippen LogP contribution is -2.22. The van der Waals surface area contributed by atoms with E-state index in [0.29, 0.717) is 11.9 Å². The molecule has 0 aliphatic heterocycles. The van der Waals surface area contributed by atoms with Crippen molar-refractivity contribution in [3.05, 3.63) is 39.1 Å². The van der Waals surface area contributed by atoms with E-state index in [0.717, 1.165) is 21.7 Å². The molecule has 114 valence electrons.